The molecule has 0 amide bonds. The summed E-state index contributed by atoms with van der Waals surface area (Å²) in [6.07, 6.45) is 0. The van der Waals surface area contributed by atoms with Crippen LogP contribution in [0.3, 0.4) is 0 Å². The fraction of sp³-hybridized carbons (Fsp3) is 0.158. The molecule has 8 aromatic carbocycles. The van der Waals surface area contributed by atoms with Gasteiger partial charge in [0.1, 0.15) is 5.58 Å². The molecule has 0 saturated heterocycles. The number of nitrogens with zero attached hydrogens (tertiary/aromatic N) is 4. The normalized spacial score (nSPS) is 12.7. The average molecular weight is 803 g/mol. The van der Waals surface area contributed by atoms with Crippen LogP contribution in [0.1, 0.15) is 75.6 Å². The Balaban J connectivity index is 1.28. The van der Waals surface area contributed by atoms with Gasteiger partial charge in [-0.1, -0.05) is 133 Å². The Morgan fingerprint density at radius 3 is 1.47 bits per heavy atom. The summed E-state index contributed by atoms with van der Waals surface area (Å²) < 4.78 is 7.02. The van der Waals surface area contributed by atoms with Gasteiger partial charge in [-0.15, -0.1) is 0 Å². The van der Waals surface area contributed by atoms with E-state index in [0.29, 0.717) is 23.2 Å². The molecule has 62 heavy (non-hydrogen) atoms. The maximum absolute atomic E-state index is 7.70. The highest BCUT2D eigenvalue weighted by Gasteiger charge is 2.42. The molecule has 1 aliphatic carbocycles. The monoisotopic (exact) mass is 802 g/mol. The SMILES string of the molecule is [C-]#[N+]c1ccc(N(c2ccc(C(C)C)cc2)c2cc3c(c4ccccc24)-c2cc(N(c4ccc([N+]#[C-])cc4)c4ccc(C(C)C)cc4)c4oc5ccccc5c4c2C3(C)C)cc1. The third kappa shape index (κ3) is 6.12. The summed E-state index contributed by atoms with van der Waals surface area (Å²) in [6, 6.07) is 55.5. The number of rotatable bonds is 8. The van der Waals surface area contributed by atoms with Gasteiger partial charge in [-0.05, 0) is 117 Å². The van der Waals surface area contributed by atoms with Gasteiger partial charge < -0.3 is 14.2 Å². The first-order valence-electron chi connectivity index (χ1n) is 21.4. The lowest BCUT2D eigenvalue weighted by Gasteiger charge is -2.30. The lowest BCUT2D eigenvalue weighted by Crippen LogP contribution is -2.18. The summed E-state index contributed by atoms with van der Waals surface area (Å²) in [4.78, 5) is 12.1. The molecule has 5 nitrogen and oxygen atoms in total. The average Bonchev–Trinajstić information content (AvgIpc) is 3.79. The number of fused-ring (bicyclic) bond motifs is 9. The van der Waals surface area contributed by atoms with Gasteiger partial charge in [0.25, 0.3) is 0 Å². The predicted molar refractivity (Wildman–Crippen MR) is 259 cm³/mol. The second kappa shape index (κ2) is 14.8. The van der Waals surface area contributed by atoms with Crippen molar-refractivity contribution in [1.82, 2.24) is 0 Å². The largest absolute Gasteiger partial charge is 0.454 e. The smallest absolute Gasteiger partial charge is 0.187 e. The Bertz CT molecular complexity index is 3270. The standard InChI is InChI=1S/C57H46N4O/c1-35(2)37-17-25-41(26-18-37)60(43-29-21-39(58-7)22-30-43)50-34-49-53(46-14-10-9-13-45(46)50)48-33-51(56-54(55(48)57(49,5)6)47-15-11-12-16-52(47)62-56)61(44-31-23-40(59-8)24-32-44)42-27-19-38(20-28-42)36(3)4/h9-36H,1-6H3. The number of hydrogen-bond donors (Lipinski definition) is 0. The van der Waals surface area contributed by atoms with Crippen molar-refractivity contribution in [3.05, 3.63) is 203 Å². The van der Waals surface area contributed by atoms with Gasteiger partial charge in [0.15, 0.2) is 17.0 Å². The Hall–Kier alpha value is -7.60. The summed E-state index contributed by atoms with van der Waals surface area (Å²) in [5, 5.41) is 4.49. The van der Waals surface area contributed by atoms with E-state index in [9.17, 15) is 0 Å². The zero-order chi connectivity index (χ0) is 42.9. The van der Waals surface area contributed by atoms with Gasteiger partial charge >= 0.3 is 0 Å². The van der Waals surface area contributed by atoms with Crippen LogP contribution in [0.2, 0.25) is 0 Å². The molecule has 0 atom stereocenters. The molecule has 0 spiro atoms. The molecule has 0 fully saturated rings. The molecule has 0 saturated carbocycles. The molecule has 5 heteroatoms. The first-order valence-corrected chi connectivity index (χ1v) is 21.4. The number of furan rings is 1. The van der Waals surface area contributed by atoms with Crippen molar-refractivity contribution < 1.29 is 4.42 Å². The van der Waals surface area contributed by atoms with E-state index in [0.717, 1.165) is 61.4 Å². The zero-order valence-corrected chi connectivity index (χ0v) is 35.9. The maximum atomic E-state index is 7.70. The van der Waals surface area contributed by atoms with Crippen molar-refractivity contribution in [2.24, 2.45) is 0 Å². The Labute approximate surface area is 363 Å². The maximum Gasteiger partial charge on any atom is 0.187 e. The molecule has 0 radical (unpaired) electrons. The number of benzene rings is 8. The molecule has 1 heterocycles. The van der Waals surface area contributed by atoms with E-state index < -0.39 is 5.41 Å². The van der Waals surface area contributed by atoms with E-state index in [-0.39, 0.29) is 0 Å². The molecule has 300 valence electrons. The summed E-state index contributed by atoms with van der Waals surface area (Å²) in [7, 11) is 0. The van der Waals surface area contributed by atoms with Crippen LogP contribution in [0.25, 0.3) is 53.5 Å². The van der Waals surface area contributed by atoms with E-state index >= 15 is 0 Å². The van der Waals surface area contributed by atoms with Crippen LogP contribution in [0.4, 0.5) is 45.5 Å². The van der Waals surface area contributed by atoms with Crippen molar-refractivity contribution in [1.29, 1.82) is 0 Å². The number of anilines is 6. The minimum Gasteiger partial charge on any atom is -0.454 e. The lowest BCUT2D eigenvalue weighted by molar-refractivity contribution is 0.657. The van der Waals surface area contributed by atoms with Crippen LogP contribution in [0.5, 0.6) is 0 Å². The summed E-state index contributed by atoms with van der Waals surface area (Å²) in [5.74, 6) is 0.799. The van der Waals surface area contributed by atoms with Crippen molar-refractivity contribution in [2.45, 2.75) is 58.8 Å². The fourth-order valence-corrected chi connectivity index (χ4v) is 9.58. The topological polar surface area (TPSA) is 28.3 Å². The highest BCUT2D eigenvalue weighted by Crippen LogP contribution is 2.59. The molecule has 10 rings (SSSR count). The van der Waals surface area contributed by atoms with Crippen LogP contribution in [-0.4, -0.2) is 0 Å². The summed E-state index contributed by atoms with van der Waals surface area (Å²) in [5.41, 5.74) is 15.9. The minimum atomic E-state index is -0.435. The summed E-state index contributed by atoms with van der Waals surface area (Å²) >= 11 is 0. The Kier molecular flexibility index (Phi) is 9.24. The van der Waals surface area contributed by atoms with Crippen LogP contribution >= 0.6 is 0 Å². The molecule has 0 unspecified atom stereocenters. The fourth-order valence-electron chi connectivity index (χ4n) is 9.58. The van der Waals surface area contributed by atoms with Crippen LogP contribution in [0, 0.1) is 13.1 Å². The van der Waals surface area contributed by atoms with E-state index in [4.69, 9.17) is 17.6 Å². The third-order valence-electron chi connectivity index (χ3n) is 12.8. The van der Waals surface area contributed by atoms with Gasteiger partial charge in [-0.25, -0.2) is 9.69 Å². The van der Waals surface area contributed by atoms with Crippen molar-refractivity contribution in [3.63, 3.8) is 0 Å². The second-order valence-corrected chi connectivity index (χ2v) is 17.5. The first kappa shape index (κ1) is 38.6. The summed E-state index contributed by atoms with van der Waals surface area (Å²) in [6.45, 7) is 29.0. The van der Waals surface area contributed by atoms with E-state index in [1.54, 1.807) is 0 Å². The van der Waals surface area contributed by atoms with Gasteiger partial charge in [0.05, 0.1) is 24.5 Å². The van der Waals surface area contributed by atoms with E-state index in [2.05, 4.69) is 176 Å². The first-order chi connectivity index (χ1) is 30.1. The van der Waals surface area contributed by atoms with Gasteiger partial charge in [-0.2, -0.15) is 0 Å². The molecule has 9 aromatic rings. The highest BCUT2D eigenvalue weighted by molar-refractivity contribution is 6.19. The molecule has 0 bridgehead atoms. The van der Waals surface area contributed by atoms with Gasteiger partial charge in [0, 0.05) is 44.3 Å². The Morgan fingerprint density at radius 1 is 0.516 bits per heavy atom. The number of hydrogen-bond acceptors (Lipinski definition) is 3. The lowest BCUT2D eigenvalue weighted by atomic mass is 9.79. The van der Waals surface area contributed by atoms with Crippen molar-refractivity contribution in [3.8, 4) is 11.1 Å². The van der Waals surface area contributed by atoms with Crippen molar-refractivity contribution >= 4 is 78.2 Å². The van der Waals surface area contributed by atoms with E-state index in [1.165, 1.54) is 38.8 Å². The molecule has 0 N–H and O–H groups in total. The van der Waals surface area contributed by atoms with Gasteiger partial charge in [-0.3, -0.25) is 0 Å². The molecule has 0 aliphatic heterocycles. The molecule has 1 aliphatic rings. The highest BCUT2D eigenvalue weighted by atomic mass is 16.3. The van der Waals surface area contributed by atoms with Crippen LogP contribution in [0.15, 0.2) is 162 Å². The predicted octanol–water partition coefficient (Wildman–Crippen LogP) is 17.3. The molecular formula is C57H46N4O. The van der Waals surface area contributed by atoms with Crippen LogP contribution < -0.4 is 9.80 Å². The second-order valence-electron chi connectivity index (χ2n) is 17.5. The van der Waals surface area contributed by atoms with Crippen molar-refractivity contribution in [2.75, 3.05) is 9.80 Å². The van der Waals surface area contributed by atoms with Gasteiger partial charge in [0.2, 0.25) is 0 Å². The third-order valence-corrected chi connectivity index (χ3v) is 12.8. The van der Waals surface area contributed by atoms with Crippen LogP contribution in [-0.2, 0) is 5.41 Å². The molecular weight excluding hydrogens is 757 g/mol. The van der Waals surface area contributed by atoms with E-state index in [1.807, 2.05) is 42.5 Å². The Morgan fingerprint density at radius 2 is 0.968 bits per heavy atom. The molecule has 1 aromatic heterocycles. The number of para-hydroxylation sites is 1. The zero-order valence-electron chi connectivity index (χ0n) is 35.9. The quantitative estimate of drug-likeness (QED) is 0.143. The minimum absolute atomic E-state index is 0.392.